The zero-order valence-corrected chi connectivity index (χ0v) is 15.3. The Morgan fingerprint density at radius 2 is 1.91 bits per heavy atom. The summed E-state index contributed by atoms with van der Waals surface area (Å²) >= 11 is 4.96. The van der Waals surface area contributed by atoms with Crippen molar-refractivity contribution in [1.82, 2.24) is 9.80 Å². The van der Waals surface area contributed by atoms with E-state index in [1.54, 1.807) is 4.90 Å². The molecule has 1 fully saturated rings. The van der Waals surface area contributed by atoms with Crippen LogP contribution in [0.1, 0.15) is 25.6 Å². The van der Waals surface area contributed by atoms with E-state index >= 15 is 0 Å². The van der Waals surface area contributed by atoms with Crippen LogP contribution in [0.15, 0.2) is 21.1 Å². The van der Waals surface area contributed by atoms with Gasteiger partial charge in [-0.25, -0.2) is 4.79 Å². The highest BCUT2D eigenvalue weighted by Gasteiger charge is 2.28. The maximum Gasteiger partial charge on any atom is 0.410 e. The first-order valence-corrected chi connectivity index (χ1v) is 8.67. The van der Waals surface area contributed by atoms with Gasteiger partial charge in [0.1, 0.15) is 5.60 Å². The average molecular weight is 390 g/mol. The zero-order chi connectivity index (χ0) is 16.3. The SMILES string of the molecule is CC(C)(C)OC(=O)N1CCN(C(=NO)c2sccc2Br)CC1. The predicted molar refractivity (Wildman–Crippen MR) is 89.7 cm³/mol. The molecule has 0 saturated carbocycles. The highest BCUT2D eigenvalue weighted by atomic mass is 79.9. The molecule has 0 atom stereocenters. The molecule has 2 heterocycles. The third-order valence-corrected chi connectivity index (χ3v) is 4.98. The Labute approximate surface area is 142 Å². The lowest BCUT2D eigenvalue weighted by molar-refractivity contribution is 0.0186. The fraction of sp³-hybridized carbons (Fsp3) is 0.571. The minimum absolute atomic E-state index is 0.299. The molecule has 2 rings (SSSR count). The predicted octanol–water partition coefficient (Wildman–Crippen LogP) is 3.20. The van der Waals surface area contributed by atoms with Gasteiger partial charge in [-0.3, -0.25) is 0 Å². The molecule has 8 heteroatoms. The molecule has 0 aliphatic carbocycles. The summed E-state index contributed by atoms with van der Waals surface area (Å²) in [6.07, 6.45) is -0.299. The van der Waals surface area contributed by atoms with Crippen molar-refractivity contribution in [2.45, 2.75) is 26.4 Å². The highest BCUT2D eigenvalue weighted by molar-refractivity contribution is 9.10. The number of carbonyl (C=O) groups is 1. The molecule has 6 nitrogen and oxygen atoms in total. The van der Waals surface area contributed by atoms with Crippen LogP contribution in [-0.4, -0.2) is 58.7 Å². The fourth-order valence-corrected chi connectivity index (χ4v) is 3.69. The first-order valence-electron chi connectivity index (χ1n) is 7.00. The van der Waals surface area contributed by atoms with Crippen molar-refractivity contribution in [1.29, 1.82) is 0 Å². The summed E-state index contributed by atoms with van der Waals surface area (Å²) in [4.78, 5) is 16.6. The molecule has 1 saturated heterocycles. The molecule has 122 valence electrons. The Morgan fingerprint density at radius 3 is 2.36 bits per heavy atom. The molecule has 1 aliphatic heterocycles. The number of piperazine rings is 1. The van der Waals surface area contributed by atoms with Crippen molar-refractivity contribution in [3.8, 4) is 0 Å². The summed E-state index contributed by atoms with van der Waals surface area (Å²) in [6.45, 7) is 7.84. The van der Waals surface area contributed by atoms with Gasteiger partial charge in [-0.2, -0.15) is 0 Å². The normalized spacial score (nSPS) is 16.8. The van der Waals surface area contributed by atoms with Crippen molar-refractivity contribution >= 4 is 39.2 Å². The summed E-state index contributed by atoms with van der Waals surface area (Å²) < 4.78 is 6.28. The first kappa shape index (κ1) is 17.1. The molecule has 1 aromatic heterocycles. The Morgan fingerprint density at radius 1 is 1.32 bits per heavy atom. The van der Waals surface area contributed by atoms with E-state index in [0.29, 0.717) is 32.0 Å². The second-order valence-electron chi connectivity index (χ2n) is 5.98. The number of nitrogens with zero attached hydrogens (tertiary/aromatic N) is 3. The number of thiophene rings is 1. The Bertz CT molecular complexity index is 560. The lowest BCUT2D eigenvalue weighted by atomic mass is 10.2. The van der Waals surface area contributed by atoms with Gasteiger partial charge in [0.25, 0.3) is 0 Å². The molecule has 0 spiro atoms. The summed E-state index contributed by atoms with van der Waals surface area (Å²) in [7, 11) is 0. The molecule has 22 heavy (non-hydrogen) atoms. The second-order valence-corrected chi connectivity index (χ2v) is 7.75. The monoisotopic (exact) mass is 389 g/mol. The lowest BCUT2D eigenvalue weighted by Crippen LogP contribution is -2.51. The summed E-state index contributed by atoms with van der Waals surface area (Å²) in [5.74, 6) is 0.533. The molecule has 1 aliphatic rings. The number of rotatable bonds is 1. The number of hydrogen-bond donors (Lipinski definition) is 1. The number of carbonyl (C=O) groups excluding carboxylic acids is 1. The van der Waals surface area contributed by atoms with Gasteiger partial charge in [0.05, 0.1) is 4.88 Å². The van der Waals surface area contributed by atoms with E-state index in [4.69, 9.17) is 4.74 Å². The van der Waals surface area contributed by atoms with Crippen molar-refractivity contribution in [3.05, 3.63) is 20.8 Å². The van der Waals surface area contributed by atoms with Crippen LogP contribution in [-0.2, 0) is 4.74 Å². The summed E-state index contributed by atoms with van der Waals surface area (Å²) in [6, 6.07) is 1.92. The molecular weight excluding hydrogens is 370 g/mol. The molecule has 1 N–H and O–H groups in total. The number of amidine groups is 1. The van der Waals surface area contributed by atoms with Crippen molar-refractivity contribution < 1.29 is 14.7 Å². The van der Waals surface area contributed by atoms with Crippen molar-refractivity contribution in [2.24, 2.45) is 5.16 Å². The largest absolute Gasteiger partial charge is 0.444 e. The van der Waals surface area contributed by atoms with Crippen LogP contribution in [0.3, 0.4) is 0 Å². The number of halogens is 1. The van der Waals surface area contributed by atoms with E-state index in [-0.39, 0.29) is 6.09 Å². The van der Waals surface area contributed by atoms with Crippen LogP contribution < -0.4 is 0 Å². The first-order chi connectivity index (χ1) is 10.3. The van der Waals surface area contributed by atoms with Gasteiger partial charge in [0.15, 0.2) is 5.84 Å². The summed E-state index contributed by atoms with van der Waals surface area (Å²) in [5.41, 5.74) is -0.492. The number of oxime groups is 1. The maximum atomic E-state index is 12.0. The highest BCUT2D eigenvalue weighted by Crippen LogP contribution is 2.25. The molecule has 0 radical (unpaired) electrons. The van der Waals surface area contributed by atoms with Crippen LogP contribution >= 0.6 is 27.3 Å². The molecule has 0 bridgehead atoms. The zero-order valence-electron chi connectivity index (χ0n) is 12.9. The Hall–Kier alpha value is -1.28. The standard InChI is InChI=1S/C14H20BrN3O3S/c1-14(2,3)21-13(19)18-7-5-17(6-8-18)12(16-20)11-10(15)4-9-22-11/h4,9,20H,5-8H2,1-3H3. The smallest absolute Gasteiger partial charge is 0.410 e. The van der Waals surface area contributed by atoms with E-state index < -0.39 is 5.60 Å². The van der Waals surface area contributed by atoms with Gasteiger partial charge >= 0.3 is 6.09 Å². The van der Waals surface area contributed by atoms with Gasteiger partial charge in [-0.05, 0) is 48.1 Å². The Kier molecular flexibility index (Phi) is 5.33. The Balaban J connectivity index is 1.97. The molecule has 1 amide bonds. The quantitative estimate of drug-likeness (QED) is 0.346. The van der Waals surface area contributed by atoms with Crippen molar-refractivity contribution in [3.63, 3.8) is 0 Å². The molecule has 1 aromatic rings. The van der Waals surface area contributed by atoms with Gasteiger partial charge < -0.3 is 19.7 Å². The van der Waals surface area contributed by atoms with E-state index in [2.05, 4.69) is 21.1 Å². The third-order valence-electron chi connectivity index (χ3n) is 3.15. The minimum atomic E-state index is -0.492. The molecule has 0 unspecified atom stereocenters. The number of amides is 1. The van der Waals surface area contributed by atoms with Gasteiger partial charge in [-0.15, -0.1) is 11.3 Å². The lowest BCUT2D eigenvalue weighted by Gasteiger charge is -2.36. The maximum absolute atomic E-state index is 12.0. The van der Waals surface area contributed by atoms with Crippen molar-refractivity contribution in [2.75, 3.05) is 26.2 Å². The van der Waals surface area contributed by atoms with Crippen LogP contribution in [0.25, 0.3) is 0 Å². The number of ether oxygens (including phenoxy) is 1. The van der Waals surface area contributed by atoms with Crippen LogP contribution in [0, 0.1) is 0 Å². The van der Waals surface area contributed by atoms with Crippen LogP contribution in [0.2, 0.25) is 0 Å². The average Bonchev–Trinajstić information content (AvgIpc) is 2.85. The number of hydrogen-bond acceptors (Lipinski definition) is 5. The second kappa shape index (κ2) is 6.87. The fourth-order valence-electron chi connectivity index (χ4n) is 2.13. The molecular formula is C14H20BrN3O3S. The van der Waals surface area contributed by atoms with Crippen LogP contribution in [0.5, 0.6) is 0 Å². The van der Waals surface area contributed by atoms with Crippen LogP contribution in [0.4, 0.5) is 4.79 Å². The van der Waals surface area contributed by atoms with E-state index in [1.807, 2.05) is 37.1 Å². The molecule has 0 aromatic carbocycles. The third kappa shape index (κ3) is 4.13. The summed E-state index contributed by atoms with van der Waals surface area (Å²) in [5, 5.41) is 14.7. The van der Waals surface area contributed by atoms with E-state index in [0.717, 1.165) is 9.35 Å². The van der Waals surface area contributed by atoms with Gasteiger partial charge in [-0.1, -0.05) is 5.16 Å². The van der Waals surface area contributed by atoms with Gasteiger partial charge in [0.2, 0.25) is 0 Å². The minimum Gasteiger partial charge on any atom is -0.444 e. The van der Waals surface area contributed by atoms with E-state index in [9.17, 15) is 10.0 Å². The topological polar surface area (TPSA) is 65.4 Å². The van der Waals surface area contributed by atoms with Gasteiger partial charge in [0, 0.05) is 30.7 Å². The van der Waals surface area contributed by atoms with E-state index in [1.165, 1.54) is 11.3 Å².